The van der Waals surface area contributed by atoms with Crippen LogP contribution in [0.4, 0.5) is 27.2 Å². The second kappa shape index (κ2) is 5.51. The van der Waals surface area contributed by atoms with Crippen molar-refractivity contribution < 1.29 is 9.59 Å². The lowest BCUT2D eigenvalue weighted by atomic mass is 10.5. The zero-order chi connectivity index (χ0) is 14.7. The molecule has 1 heterocycles. The van der Waals surface area contributed by atoms with Crippen molar-refractivity contribution >= 4 is 41.2 Å². The highest BCUT2D eigenvalue weighted by atomic mass is 35.5. The molecule has 0 unspecified atom stereocenters. The van der Waals surface area contributed by atoms with Gasteiger partial charge in [0.05, 0.1) is 0 Å². The van der Waals surface area contributed by atoms with Crippen LogP contribution in [0.1, 0.15) is 0 Å². The van der Waals surface area contributed by atoms with Crippen LogP contribution < -0.4 is 38.5 Å². The fourth-order valence-electron chi connectivity index (χ4n) is 1.01. The molecule has 0 fully saturated rings. The first-order valence-electron chi connectivity index (χ1n) is 4.58. The molecule has 0 saturated carbocycles. The third-order valence-corrected chi connectivity index (χ3v) is 2.26. The third-order valence-electron chi connectivity index (χ3n) is 1.91. The number of anilines is 3. The molecule has 19 heavy (non-hydrogen) atoms. The SMILES string of the molecule is [CH2]Nc1nc(N(N)C(N)=O)nc(N(N)C(N)=O)c1Cl. The van der Waals surface area contributed by atoms with Crippen molar-refractivity contribution in [2.45, 2.75) is 0 Å². The minimum atomic E-state index is -1.04. The highest BCUT2D eigenvalue weighted by Crippen LogP contribution is 2.30. The van der Waals surface area contributed by atoms with Gasteiger partial charge in [0, 0.05) is 7.05 Å². The summed E-state index contributed by atoms with van der Waals surface area (Å²) in [6, 6.07) is -2.07. The number of nitrogens with zero attached hydrogens (tertiary/aromatic N) is 4. The number of hydrogen-bond donors (Lipinski definition) is 5. The molecule has 4 amide bonds. The fourth-order valence-corrected chi connectivity index (χ4v) is 1.25. The zero-order valence-electron chi connectivity index (χ0n) is 9.50. The van der Waals surface area contributed by atoms with Crippen molar-refractivity contribution in [1.29, 1.82) is 0 Å². The maximum absolute atomic E-state index is 11.0. The predicted molar refractivity (Wildman–Crippen MR) is 68.5 cm³/mol. The number of hydrazine groups is 2. The number of halogens is 1. The van der Waals surface area contributed by atoms with Gasteiger partial charge >= 0.3 is 12.1 Å². The number of nitrogens with one attached hydrogen (secondary N) is 1. The van der Waals surface area contributed by atoms with Crippen LogP contribution in [-0.2, 0) is 0 Å². The topological polar surface area (TPSA) is 183 Å². The molecule has 0 saturated heterocycles. The van der Waals surface area contributed by atoms with Gasteiger partial charge in [0.2, 0.25) is 0 Å². The molecule has 0 aliphatic rings. The Hall–Kier alpha value is -2.37. The Labute approximate surface area is 112 Å². The van der Waals surface area contributed by atoms with E-state index in [9.17, 15) is 9.59 Å². The standard InChI is InChI=1S/C7H11ClN9O2/c1-13-3-2(8)4(16(11)5(9)18)15-7(14-3)17(12)6(10)19/h1,11-12H2,(H2,9,18)(H2,10,19)(H,13,14,15). The Balaban J connectivity index is 3.42. The molecule has 0 aliphatic carbocycles. The number of urea groups is 2. The maximum atomic E-state index is 11.0. The third kappa shape index (κ3) is 2.90. The average Bonchev–Trinajstić information content (AvgIpc) is 2.37. The molecule has 1 aromatic heterocycles. The molecule has 0 aromatic carbocycles. The average molecular weight is 289 g/mol. The Morgan fingerprint density at radius 2 is 1.68 bits per heavy atom. The number of amides is 4. The zero-order valence-corrected chi connectivity index (χ0v) is 10.3. The van der Waals surface area contributed by atoms with Crippen LogP contribution in [-0.4, -0.2) is 22.0 Å². The molecule has 0 atom stereocenters. The minimum Gasteiger partial charge on any atom is -0.367 e. The fraction of sp³-hybridized carbons (Fsp3) is 0. The van der Waals surface area contributed by atoms with Gasteiger partial charge in [-0.05, 0) is 0 Å². The Morgan fingerprint density at radius 1 is 1.16 bits per heavy atom. The van der Waals surface area contributed by atoms with Gasteiger partial charge in [-0.1, -0.05) is 11.6 Å². The number of carbonyl (C=O) groups is 2. The maximum Gasteiger partial charge on any atom is 0.336 e. The summed E-state index contributed by atoms with van der Waals surface area (Å²) in [6.45, 7) is 0. The summed E-state index contributed by atoms with van der Waals surface area (Å²) in [6.07, 6.45) is 0. The van der Waals surface area contributed by atoms with E-state index in [1.807, 2.05) is 0 Å². The van der Waals surface area contributed by atoms with Crippen molar-refractivity contribution in [2.24, 2.45) is 23.2 Å². The van der Waals surface area contributed by atoms with E-state index in [1.165, 1.54) is 0 Å². The first-order valence-corrected chi connectivity index (χ1v) is 4.96. The van der Waals surface area contributed by atoms with Crippen molar-refractivity contribution in [2.75, 3.05) is 15.3 Å². The van der Waals surface area contributed by atoms with Gasteiger partial charge < -0.3 is 16.8 Å². The first kappa shape index (κ1) is 14.7. The Morgan fingerprint density at radius 3 is 2.11 bits per heavy atom. The van der Waals surface area contributed by atoms with Crippen molar-refractivity contribution in [3.05, 3.63) is 12.1 Å². The van der Waals surface area contributed by atoms with Gasteiger partial charge in [0.25, 0.3) is 5.95 Å². The largest absolute Gasteiger partial charge is 0.367 e. The molecule has 1 rings (SSSR count). The smallest absolute Gasteiger partial charge is 0.336 e. The lowest BCUT2D eigenvalue weighted by molar-refractivity contribution is 0.253. The number of carbonyl (C=O) groups excluding carboxylic acids is 2. The number of rotatable bonds is 3. The summed E-state index contributed by atoms with van der Waals surface area (Å²) in [7, 11) is 3.33. The molecule has 0 bridgehead atoms. The van der Waals surface area contributed by atoms with E-state index in [-0.39, 0.29) is 22.6 Å². The predicted octanol–water partition coefficient (Wildman–Crippen LogP) is -1.15. The van der Waals surface area contributed by atoms with E-state index in [4.69, 9.17) is 34.8 Å². The van der Waals surface area contributed by atoms with Crippen LogP contribution in [0.2, 0.25) is 5.02 Å². The first-order chi connectivity index (χ1) is 8.79. The molecular formula is C7H11ClN9O2. The number of primary amides is 2. The lowest BCUT2D eigenvalue weighted by Gasteiger charge is -2.19. The monoisotopic (exact) mass is 288 g/mol. The summed E-state index contributed by atoms with van der Waals surface area (Å²) in [5, 5.41) is 3.09. The van der Waals surface area contributed by atoms with Crippen molar-refractivity contribution in [3.63, 3.8) is 0 Å². The van der Waals surface area contributed by atoms with Crippen LogP contribution >= 0.6 is 11.6 Å². The van der Waals surface area contributed by atoms with Gasteiger partial charge in [0.1, 0.15) is 5.02 Å². The summed E-state index contributed by atoms with van der Waals surface area (Å²) in [5.41, 5.74) is 9.94. The van der Waals surface area contributed by atoms with E-state index < -0.39 is 12.1 Å². The van der Waals surface area contributed by atoms with Crippen molar-refractivity contribution in [3.8, 4) is 0 Å². The Kier molecular flexibility index (Phi) is 4.26. The van der Waals surface area contributed by atoms with Crippen LogP contribution in [0, 0.1) is 7.05 Å². The minimum absolute atomic E-state index is 0.0323. The van der Waals surface area contributed by atoms with Gasteiger partial charge in [-0.2, -0.15) is 15.0 Å². The van der Waals surface area contributed by atoms with Crippen LogP contribution in [0.3, 0.4) is 0 Å². The van der Waals surface area contributed by atoms with E-state index in [1.54, 1.807) is 0 Å². The number of aromatic nitrogens is 2. The summed E-state index contributed by atoms with van der Waals surface area (Å²) in [5.74, 6) is 10.0. The van der Waals surface area contributed by atoms with Crippen LogP contribution in [0.25, 0.3) is 0 Å². The van der Waals surface area contributed by atoms with Gasteiger partial charge in [-0.25, -0.2) is 26.3 Å². The summed E-state index contributed by atoms with van der Waals surface area (Å²) < 4.78 is 0. The van der Waals surface area contributed by atoms with Gasteiger partial charge in [-0.3, -0.25) is 0 Å². The van der Waals surface area contributed by atoms with Gasteiger partial charge in [-0.15, -0.1) is 0 Å². The molecule has 0 aliphatic heterocycles. The summed E-state index contributed by atoms with van der Waals surface area (Å²) in [4.78, 5) is 29.4. The molecule has 1 aromatic rings. The second-order valence-corrected chi connectivity index (χ2v) is 3.48. The second-order valence-electron chi connectivity index (χ2n) is 3.10. The highest BCUT2D eigenvalue weighted by molar-refractivity contribution is 6.35. The molecule has 9 N–H and O–H groups in total. The van der Waals surface area contributed by atoms with Crippen LogP contribution in [0.15, 0.2) is 0 Å². The van der Waals surface area contributed by atoms with E-state index in [0.29, 0.717) is 10.0 Å². The highest BCUT2D eigenvalue weighted by Gasteiger charge is 2.22. The van der Waals surface area contributed by atoms with Gasteiger partial charge in [0.15, 0.2) is 11.6 Å². The number of hydrogen-bond acceptors (Lipinski definition) is 7. The molecule has 1 radical (unpaired) electrons. The van der Waals surface area contributed by atoms with E-state index >= 15 is 0 Å². The lowest BCUT2D eigenvalue weighted by Crippen LogP contribution is -2.45. The quantitative estimate of drug-likeness (QED) is 0.264. The van der Waals surface area contributed by atoms with E-state index in [0.717, 1.165) is 0 Å². The van der Waals surface area contributed by atoms with E-state index in [2.05, 4.69) is 22.3 Å². The summed E-state index contributed by atoms with van der Waals surface area (Å²) >= 11 is 5.87. The molecular weight excluding hydrogens is 278 g/mol. The Bertz CT molecular complexity index is 522. The van der Waals surface area contributed by atoms with Crippen LogP contribution in [0.5, 0.6) is 0 Å². The molecule has 103 valence electrons. The molecule has 11 nitrogen and oxygen atoms in total. The number of nitrogens with two attached hydrogens (primary N) is 4. The van der Waals surface area contributed by atoms with Crippen molar-refractivity contribution in [1.82, 2.24) is 9.97 Å². The normalized spacial score (nSPS) is 9.89. The molecule has 12 heteroatoms. The molecule has 0 spiro atoms.